The quantitative estimate of drug-likeness (QED) is 0.865. The van der Waals surface area contributed by atoms with Gasteiger partial charge in [-0.25, -0.2) is 8.78 Å². The van der Waals surface area contributed by atoms with Crippen molar-refractivity contribution in [1.82, 2.24) is 0 Å². The first-order valence-corrected chi connectivity index (χ1v) is 5.41. The van der Waals surface area contributed by atoms with Gasteiger partial charge in [-0.2, -0.15) is 0 Å². The van der Waals surface area contributed by atoms with Crippen molar-refractivity contribution in [2.24, 2.45) is 5.73 Å². The predicted octanol–water partition coefficient (Wildman–Crippen LogP) is 3.21. The molecule has 88 valence electrons. The summed E-state index contributed by atoms with van der Waals surface area (Å²) in [6, 6.07) is 12.7. The van der Waals surface area contributed by atoms with Crippen LogP contribution >= 0.6 is 0 Å². The minimum Gasteiger partial charge on any atom is -0.324 e. The van der Waals surface area contributed by atoms with E-state index in [0.717, 1.165) is 11.6 Å². The SMILES string of the molecule is NC(Cc1ccc(F)cc1F)c1ccccc1. The van der Waals surface area contributed by atoms with Crippen LogP contribution in [0.1, 0.15) is 17.2 Å². The molecule has 1 atom stereocenters. The lowest BCUT2D eigenvalue weighted by Gasteiger charge is -2.12. The molecule has 3 heteroatoms. The summed E-state index contributed by atoms with van der Waals surface area (Å²) in [7, 11) is 0. The highest BCUT2D eigenvalue weighted by Crippen LogP contribution is 2.18. The number of hydrogen-bond acceptors (Lipinski definition) is 1. The zero-order valence-electron chi connectivity index (χ0n) is 9.24. The van der Waals surface area contributed by atoms with Crippen molar-refractivity contribution in [3.05, 3.63) is 71.3 Å². The first-order valence-electron chi connectivity index (χ1n) is 5.41. The van der Waals surface area contributed by atoms with Crippen LogP contribution < -0.4 is 5.73 Å². The van der Waals surface area contributed by atoms with Gasteiger partial charge in [0.05, 0.1) is 0 Å². The van der Waals surface area contributed by atoms with Crippen molar-refractivity contribution >= 4 is 0 Å². The molecule has 0 amide bonds. The molecule has 2 rings (SSSR count). The van der Waals surface area contributed by atoms with Crippen molar-refractivity contribution in [2.75, 3.05) is 0 Å². The minimum absolute atomic E-state index is 0.281. The van der Waals surface area contributed by atoms with Crippen LogP contribution in [0.4, 0.5) is 8.78 Å². The van der Waals surface area contributed by atoms with E-state index in [1.807, 2.05) is 30.3 Å². The van der Waals surface area contributed by atoms with E-state index in [-0.39, 0.29) is 6.04 Å². The second-order valence-electron chi connectivity index (χ2n) is 3.96. The largest absolute Gasteiger partial charge is 0.324 e. The number of rotatable bonds is 3. The molecule has 17 heavy (non-hydrogen) atoms. The van der Waals surface area contributed by atoms with Crippen molar-refractivity contribution in [1.29, 1.82) is 0 Å². The normalized spacial score (nSPS) is 12.4. The maximum atomic E-state index is 13.4. The molecule has 2 aromatic carbocycles. The summed E-state index contributed by atoms with van der Waals surface area (Å²) in [4.78, 5) is 0. The Labute approximate surface area is 98.9 Å². The van der Waals surface area contributed by atoms with Gasteiger partial charge in [-0.1, -0.05) is 36.4 Å². The second-order valence-corrected chi connectivity index (χ2v) is 3.96. The van der Waals surface area contributed by atoms with Crippen molar-refractivity contribution in [3.8, 4) is 0 Å². The van der Waals surface area contributed by atoms with Crippen LogP contribution in [0.2, 0.25) is 0 Å². The maximum absolute atomic E-state index is 13.4. The fraction of sp³-hybridized carbons (Fsp3) is 0.143. The zero-order chi connectivity index (χ0) is 12.3. The molecule has 2 aromatic rings. The second kappa shape index (κ2) is 5.06. The number of benzene rings is 2. The molecule has 0 bridgehead atoms. The summed E-state index contributed by atoms with van der Waals surface area (Å²) >= 11 is 0. The van der Waals surface area contributed by atoms with Gasteiger partial charge in [0.15, 0.2) is 0 Å². The summed E-state index contributed by atoms with van der Waals surface area (Å²) in [6.45, 7) is 0. The van der Waals surface area contributed by atoms with Crippen molar-refractivity contribution in [2.45, 2.75) is 12.5 Å². The van der Waals surface area contributed by atoms with Gasteiger partial charge in [-0.05, 0) is 23.6 Å². The van der Waals surface area contributed by atoms with Gasteiger partial charge in [0.25, 0.3) is 0 Å². The minimum atomic E-state index is -0.570. The van der Waals surface area contributed by atoms with Gasteiger partial charge in [0.2, 0.25) is 0 Å². The molecule has 1 unspecified atom stereocenters. The predicted molar refractivity (Wildman–Crippen MR) is 63.4 cm³/mol. The maximum Gasteiger partial charge on any atom is 0.129 e. The van der Waals surface area contributed by atoms with E-state index in [1.54, 1.807) is 0 Å². The van der Waals surface area contributed by atoms with Gasteiger partial charge >= 0.3 is 0 Å². The van der Waals surface area contributed by atoms with Crippen LogP contribution in [0.5, 0.6) is 0 Å². The first kappa shape index (κ1) is 11.7. The monoisotopic (exact) mass is 233 g/mol. The molecule has 0 radical (unpaired) electrons. The number of hydrogen-bond donors (Lipinski definition) is 1. The Kier molecular flexibility index (Phi) is 3.49. The molecule has 0 aliphatic heterocycles. The summed E-state index contributed by atoms with van der Waals surface area (Å²) in [5.41, 5.74) is 7.35. The van der Waals surface area contributed by atoms with Crippen LogP contribution in [0.25, 0.3) is 0 Å². The molecule has 0 saturated carbocycles. The van der Waals surface area contributed by atoms with E-state index < -0.39 is 11.6 Å². The van der Waals surface area contributed by atoms with E-state index in [0.29, 0.717) is 12.0 Å². The molecule has 1 nitrogen and oxygen atoms in total. The highest BCUT2D eigenvalue weighted by Gasteiger charge is 2.10. The fourth-order valence-electron chi connectivity index (χ4n) is 1.74. The van der Waals surface area contributed by atoms with E-state index in [9.17, 15) is 8.78 Å². The standard InChI is InChI=1S/C14H13F2N/c15-12-7-6-11(13(16)9-12)8-14(17)10-4-2-1-3-5-10/h1-7,9,14H,8,17H2. The number of halogens is 2. The average Bonchev–Trinajstić information content (AvgIpc) is 2.34. The van der Waals surface area contributed by atoms with Crippen molar-refractivity contribution < 1.29 is 8.78 Å². The van der Waals surface area contributed by atoms with E-state index in [2.05, 4.69) is 0 Å². The van der Waals surface area contributed by atoms with E-state index >= 15 is 0 Å². The Balaban J connectivity index is 2.16. The van der Waals surface area contributed by atoms with Crippen LogP contribution in [0, 0.1) is 11.6 Å². The molecule has 0 aromatic heterocycles. The number of nitrogens with two attached hydrogens (primary N) is 1. The lowest BCUT2D eigenvalue weighted by molar-refractivity contribution is 0.563. The molecule has 2 N–H and O–H groups in total. The van der Waals surface area contributed by atoms with Gasteiger partial charge in [-0.3, -0.25) is 0 Å². The zero-order valence-corrected chi connectivity index (χ0v) is 9.24. The van der Waals surface area contributed by atoms with Crippen LogP contribution in [0.3, 0.4) is 0 Å². The molecular weight excluding hydrogens is 220 g/mol. The molecular formula is C14H13F2N. The topological polar surface area (TPSA) is 26.0 Å². The van der Waals surface area contributed by atoms with Crippen molar-refractivity contribution in [3.63, 3.8) is 0 Å². The van der Waals surface area contributed by atoms with Crippen LogP contribution in [-0.4, -0.2) is 0 Å². The molecule has 0 aliphatic carbocycles. The Morgan fingerprint density at radius 3 is 2.35 bits per heavy atom. The van der Waals surface area contributed by atoms with Crippen LogP contribution in [-0.2, 0) is 6.42 Å². The molecule has 0 heterocycles. The Bertz CT molecular complexity index is 497. The highest BCUT2D eigenvalue weighted by molar-refractivity contribution is 5.24. The lowest BCUT2D eigenvalue weighted by Crippen LogP contribution is -2.14. The first-order chi connectivity index (χ1) is 8.16. The van der Waals surface area contributed by atoms with Crippen LogP contribution in [0.15, 0.2) is 48.5 Å². The van der Waals surface area contributed by atoms with Gasteiger partial charge in [-0.15, -0.1) is 0 Å². The average molecular weight is 233 g/mol. The Hall–Kier alpha value is -1.74. The highest BCUT2D eigenvalue weighted by atomic mass is 19.1. The molecule has 0 fully saturated rings. The van der Waals surface area contributed by atoms with E-state index in [1.165, 1.54) is 12.1 Å². The fourth-order valence-corrected chi connectivity index (χ4v) is 1.74. The smallest absolute Gasteiger partial charge is 0.129 e. The summed E-state index contributed by atoms with van der Waals surface area (Å²) in [5, 5.41) is 0. The summed E-state index contributed by atoms with van der Waals surface area (Å²) in [6.07, 6.45) is 0.357. The molecule has 0 aliphatic rings. The Morgan fingerprint density at radius 2 is 1.71 bits per heavy atom. The lowest BCUT2D eigenvalue weighted by atomic mass is 9.99. The third kappa shape index (κ3) is 2.88. The summed E-state index contributed by atoms with van der Waals surface area (Å²) in [5.74, 6) is -1.11. The van der Waals surface area contributed by atoms with Gasteiger partial charge in [0.1, 0.15) is 11.6 Å². The third-order valence-corrected chi connectivity index (χ3v) is 2.68. The summed E-state index contributed by atoms with van der Waals surface area (Å²) < 4.78 is 26.2. The Morgan fingerprint density at radius 1 is 1.00 bits per heavy atom. The van der Waals surface area contributed by atoms with Gasteiger partial charge < -0.3 is 5.73 Å². The molecule has 0 spiro atoms. The van der Waals surface area contributed by atoms with Gasteiger partial charge in [0, 0.05) is 12.1 Å². The third-order valence-electron chi connectivity index (χ3n) is 2.68. The molecule has 0 saturated heterocycles. The van der Waals surface area contributed by atoms with E-state index in [4.69, 9.17) is 5.73 Å².